The molecule has 0 unspecified atom stereocenters. The number of rotatable bonds is 4. The van der Waals surface area contributed by atoms with Crippen LogP contribution in [0.1, 0.15) is 44.9 Å². The maximum Gasteiger partial charge on any atom is 0.319 e. The average Bonchev–Trinajstić information content (AvgIpc) is 3.44. The highest BCUT2D eigenvalue weighted by Crippen LogP contribution is 2.44. The van der Waals surface area contributed by atoms with E-state index in [1.54, 1.807) is 19.0 Å². The van der Waals surface area contributed by atoms with Crippen molar-refractivity contribution in [1.29, 1.82) is 0 Å². The van der Waals surface area contributed by atoms with Crippen molar-refractivity contribution >= 4 is 11.9 Å². The lowest BCUT2D eigenvalue weighted by Gasteiger charge is -2.44. The van der Waals surface area contributed by atoms with Crippen LogP contribution in [0.5, 0.6) is 0 Å². The third-order valence-electron chi connectivity index (χ3n) is 6.22. The van der Waals surface area contributed by atoms with E-state index in [1.807, 2.05) is 9.80 Å². The van der Waals surface area contributed by atoms with Crippen molar-refractivity contribution in [3.8, 4) is 0 Å². The Morgan fingerprint density at radius 3 is 2.32 bits per heavy atom. The van der Waals surface area contributed by atoms with Crippen molar-refractivity contribution in [2.45, 2.75) is 44.9 Å². The summed E-state index contributed by atoms with van der Waals surface area (Å²) in [7, 11) is 3.53. The van der Waals surface area contributed by atoms with Gasteiger partial charge in [-0.1, -0.05) is 12.8 Å². The van der Waals surface area contributed by atoms with Gasteiger partial charge in [-0.2, -0.15) is 0 Å². The molecule has 0 spiro atoms. The first-order valence-corrected chi connectivity index (χ1v) is 9.80. The first-order chi connectivity index (χ1) is 11.9. The van der Waals surface area contributed by atoms with Crippen molar-refractivity contribution < 1.29 is 14.7 Å². The molecule has 3 fully saturated rings. The third kappa shape index (κ3) is 4.27. The Labute approximate surface area is 151 Å². The number of hydrogen-bond donors (Lipinski definition) is 1. The summed E-state index contributed by atoms with van der Waals surface area (Å²) in [4.78, 5) is 30.5. The Hall–Kier alpha value is -1.30. The Morgan fingerprint density at radius 1 is 1.08 bits per heavy atom. The summed E-state index contributed by atoms with van der Waals surface area (Å²) < 4.78 is 0. The van der Waals surface area contributed by atoms with Gasteiger partial charge in [-0.25, -0.2) is 4.79 Å². The molecule has 1 aliphatic carbocycles. The molecule has 0 aromatic carbocycles. The Bertz CT molecular complexity index is 498. The molecule has 0 aromatic heterocycles. The summed E-state index contributed by atoms with van der Waals surface area (Å²) in [6, 6.07) is 0.0348. The molecule has 1 saturated carbocycles. The van der Waals surface area contributed by atoms with Gasteiger partial charge in [-0.15, -0.1) is 0 Å². The van der Waals surface area contributed by atoms with Crippen LogP contribution in [0.2, 0.25) is 0 Å². The molecular formula is C19H33N3O3. The number of carbonyl (C=O) groups excluding carboxylic acids is 2. The molecule has 3 rings (SSSR count). The van der Waals surface area contributed by atoms with Gasteiger partial charge in [0.2, 0.25) is 5.91 Å². The number of likely N-dealkylation sites (tertiary alicyclic amines) is 2. The van der Waals surface area contributed by atoms with Gasteiger partial charge in [0.15, 0.2) is 0 Å². The normalized spacial score (nSPS) is 28.1. The van der Waals surface area contributed by atoms with Crippen LogP contribution in [-0.4, -0.2) is 78.6 Å². The molecule has 142 valence electrons. The molecule has 3 amide bonds. The summed E-state index contributed by atoms with van der Waals surface area (Å²) in [5, 5.41) is 9.99. The maximum atomic E-state index is 13.0. The van der Waals surface area contributed by atoms with Gasteiger partial charge < -0.3 is 19.8 Å². The number of urea groups is 1. The zero-order chi connectivity index (χ0) is 18.0. The Kier molecular flexibility index (Phi) is 5.56. The zero-order valence-corrected chi connectivity index (χ0v) is 15.7. The van der Waals surface area contributed by atoms with Gasteiger partial charge in [0.1, 0.15) is 0 Å². The van der Waals surface area contributed by atoms with Gasteiger partial charge >= 0.3 is 6.03 Å². The number of amides is 3. The maximum absolute atomic E-state index is 13.0. The lowest BCUT2D eigenvalue weighted by molar-refractivity contribution is -0.141. The van der Waals surface area contributed by atoms with E-state index in [1.165, 1.54) is 12.8 Å². The van der Waals surface area contributed by atoms with Crippen LogP contribution in [0.15, 0.2) is 0 Å². The second-order valence-corrected chi connectivity index (χ2v) is 8.61. The number of nitrogens with zero attached hydrogens (tertiary/aromatic N) is 3. The predicted molar refractivity (Wildman–Crippen MR) is 96.1 cm³/mol. The van der Waals surface area contributed by atoms with Crippen LogP contribution in [0.3, 0.4) is 0 Å². The molecule has 3 aliphatic rings. The standard InChI is InChI=1S/C19H33N3O3/c1-20(2)18(25)21-10-6-16(7-11-21)17(24)22-9-3-8-19(13-22,14-23)12-15-4-5-15/h15-16,23H,3-14H2,1-2H3/t19-/m1/s1. The number of carbonyl (C=O) groups is 2. The van der Waals surface area contributed by atoms with E-state index in [9.17, 15) is 14.7 Å². The summed E-state index contributed by atoms with van der Waals surface area (Å²) >= 11 is 0. The van der Waals surface area contributed by atoms with Gasteiger partial charge in [-0.3, -0.25) is 4.79 Å². The highest BCUT2D eigenvalue weighted by Gasteiger charge is 2.42. The molecular weight excluding hydrogens is 318 g/mol. The minimum absolute atomic E-state index is 0.0293. The van der Waals surface area contributed by atoms with E-state index >= 15 is 0 Å². The summed E-state index contributed by atoms with van der Waals surface area (Å²) in [6.45, 7) is 3.06. The van der Waals surface area contributed by atoms with E-state index in [0.717, 1.165) is 51.1 Å². The third-order valence-corrected chi connectivity index (χ3v) is 6.22. The van der Waals surface area contributed by atoms with Crippen LogP contribution < -0.4 is 0 Å². The smallest absolute Gasteiger partial charge is 0.319 e. The fraction of sp³-hybridized carbons (Fsp3) is 0.895. The average molecular weight is 351 g/mol. The van der Waals surface area contributed by atoms with Crippen molar-refractivity contribution in [3.05, 3.63) is 0 Å². The SMILES string of the molecule is CN(C)C(=O)N1CCC(C(=O)N2CCC[C@@](CO)(CC3CC3)C2)CC1. The van der Waals surface area contributed by atoms with Gasteiger partial charge in [-0.05, 0) is 38.0 Å². The second kappa shape index (κ2) is 7.52. The van der Waals surface area contributed by atoms with Gasteiger partial charge in [0, 0.05) is 51.6 Å². The van der Waals surface area contributed by atoms with Crippen LogP contribution in [0, 0.1) is 17.3 Å². The number of hydrogen-bond acceptors (Lipinski definition) is 3. The fourth-order valence-corrected chi connectivity index (χ4v) is 4.55. The summed E-state index contributed by atoms with van der Waals surface area (Å²) in [6.07, 6.45) is 7.19. The topological polar surface area (TPSA) is 64.1 Å². The fourth-order valence-electron chi connectivity index (χ4n) is 4.55. The van der Waals surface area contributed by atoms with Crippen LogP contribution in [0.25, 0.3) is 0 Å². The van der Waals surface area contributed by atoms with E-state index in [-0.39, 0.29) is 29.9 Å². The zero-order valence-electron chi connectivity index (χ0n) is 15.7. The molecule has 2 heterocycles. The van der Waals surface area contributed by atoms with Gasteiger partial charge in [0.05, 0.1) is 6.61 Å². The van der Waals surface area contributed by atoms with Crippen molar-refractivity contribution in [2.24, 2.45) is 17.3 Å². The van der Waals surface area contributed by atoms with Crippen LogP contribution >= 0.6 is 0 Å². The van der Waals surface area contributed by atoms with E-state index in [0.29, 0.717) is 13.1 Å². The first kappa shape index (κ1) is 18.5. The van der Waals surface area contributed by atoms with E-state index < -0.39 is 0 Å². The lowest BCUT2D eigenvalue weighted by atomic mass is 9.76. The molecule has 1 atom stereocenters. The summed E-state index contributed by atoms with van der Waals surface area (Å²) in [5.41, 5.74) is -0.0728. The van der Waals surface area contributed by atoms with Crippen LogP contribution in [-0.2, 0) is 4.79 Å². The molecule has 0 aromatic rings. The minimum Gasteiger partial charge on any atom is -0.396 e. The molecule has 0 radical (unpaired) electrons. The molecule has 2 aliphatic heterocycles. The molecule has 6 heteroatoms. The van der Waals surface area contributed by atoms with E-state index in [2.05, 4.69) is 0 Å². The first-order valence-electron chi connectivity index (χ1n) is 9.80. The van der Waals surface area contributed by atoms with Crippen LogP contribution in [0.4, 0.5) is 4.79 Å². The molecule has 6 nitrogen and oxygen atoms in total. The van der Waals surface area contributed by atoms with Crippen molar-refractivity contribution in [2.75, 3.05) is 46.9 Å². The Morgan fingerprint density at radius 2 is 1.76 bits per heavy atom. The van der Waals surface area contributed by atoms with E-state index in [4.69, 9.17) is 0 Å². The number of aliphatic hydroxyl groups is 1. The molecule has 1 N–H and O–H groups in total. The molecule has 2 saturated heterocycles. The Balaban J connectivity index is 1.55. The molecule has 25 heavy (non-hydrogen) atoms. The molecule has 0 bridgehead atoms. The summed E-state index contributed by atoms with van der Waals surface area (Å²) in [5.74, 6) is 1.04. The number of piperidine rings is 2. The van der Waals surface area contributed by atoms with Crippen molar-refractivity contribution in [3.63, 3.8) is 0 Å². The second-order valence-electron chi connectivity index (χ2n) is 8.61. The number of aliphatic hydroxyl groups excluding tert-OH is 1. The lowest BCUT2D eigenvalue weighted by Crippen LogP contribution is -2.52. The van der Waals surface area contributed by atoms with Gasteiger partial charge in [0.25, 0.3) is 0 Å². The predicted octanol–water partition coefficient (Wildman–Crippen LogP) is 1.78. The largest absolute Gasteiger partial charge is 0.396 e. The minimum atomic E-state index is -0.0728. The highest BCUT2D eigenvalue weighted by molar-refractivity contribution is 5.80. The van der Waals surface area contributed by atoms with Crippen molar-refractivity contribution in [1.82, 2.24) is 14.7 Å². The monoisotopic (exact) mass is 351 g/mol. The highest BCUT2D eigenvalue weighted by atomic mass is 16.3. The quantitative estimate of drug-likeness (QED) is 0.840.